The summed E-state index contributed by atoms with van der Waals surface area (Å²) >= 11 is 1.51. The fourth-order valence-corrected chi connectivity index (χ4v) is 3.55. The van der Waals surface area contributed by atoms with E-state index in [-0.39, 0.29) is 5.91 Å². The van der Waals surface area contributed by atoms with E-state index in [1.54, 1.807) is 11.8 Å². The maximum absolute atomic E-state index is 12.0. The van der Waals surface area contributed by atoms with Crippen LogP contribution in [0.15, 0.2) is 12.1 Å². The lowest BCUT2D eigenvalue weighted by Crippen LogP contribution is -2.31. The van der Waals surface area contributed by atoms with Crippen LogP contribution < -0.4 is 14.4 Å². The third-order valence-electron chi connectivity index (χ3n) is 3.64. The molecule has 0 atom stereocenters. The van der Waals surface area contributed by atoms with E-state index in [1.807, 2.05) is 26.2 Å². The molecule has 2 heterocycles. The van der Waals surface area contributed by atoms with Crippen molar-refractivity contribution < 1.29 is 14.3 Å². The molecule has 23 heavy (non-hydrogen) atoms. The van der Waals surface area contributed by atoms with Crippen molar-refractivity contribution in [2.75, 3.05) is 45.3 Å². The van der Waals surface area contributed by atoms with Gasteiger partial charge in [0.25, 0.3) is 0 Å². The minimum Gasteiger partial charge on any atom is -0.486 e. The Morgan fingerprint density at radius 2 is 1.91 bits per heavy atom. The second-order valence-electron chi connectivity index (χ2n) is 5.79. The number of anilines is 1. The Labute approximate surface area is 139 Å². The number of ether oxygens (including phenoxy) is 2. The van der Waals surface area contributed by atoms with Crippen LogP contribution in [0.3, 0.4) is 0 Å². The molecule has 0 radical (unpaired) electrons. The van der Waals surface area contributed by atoms with Crippen LogP contribution in [-0.4, -0.2) is 56.2 Å². The largest absolute Gasteiger partial charge is 0.486 e. The van der Waals surface area contributed by atoms with Crippen LogP contribution in [-0.2, 0) is 4.79 Å². The number of hydrogen-bond donors (Lipinski definition) is 0. The molecule has 0 saturated heterocycles. The molecule has 0 saturated carbocycles. The molecule has 0 aliphatic carbocycles. The van der Waals surface area contributed by atoms with Crippen LogP contribution in [0, 0.1) is 0 Å². The predicted octanol–water partition coefficient (Wildman–Crippen LogP) is 2.37. The number of nitrogens with zero attached hydrogens (tertiary/aromatic N) is 3. The Hall–Kier alpha value is -1.86. The van der Waals surface area contributed by atoms with E-state index in [0.29, 0.717) is 19.8 Å². The summed E-state index contributed by atoms with van der Waals surface area (Å²) in [5.74, 6) is 1.49. The maximum Gasteiger partial charge on any atom is 0.225 e. The summed E-state index contributed by atoms with van der Waals surface area (Å²) in [6.45, 7) is 4.30. The van der Waals surface area contributed by atoms with Gasteiger partial charge < -0.3 is 14.4 Å². The van der Waals surface area contributed by atoms with Gasteiger partial charge in [-0.25, -0.2) is 4.98 Å². The number of fused-ring (bicyclic) bond motifs is 2. The Balaban J connectivity index is 1.86. The molecule has 1 aromatic carbocycles. The SMILES string of the molecule is CC(=O)N(CCCN(C)C)c1nc2cc3c(cc2s1)OCCO3. The molecule has 0 spiro atoms. The molecular weight excluding hydrogens is 314 g/mol. The Bertz CT molecular complexity index is 671. The summed E-state index contributed by atoms with van der Waals surface area (Å²) in [5, 5.41) is 0.730. The lowest BCUT2D eigenvalue weighted by molar-refractivity contribution is -0.116. The predicted molar refractivity (Wildman–Crippen MR) is 91.8 cm³/mol. The van der Waals surface area contributed by atoms with Crippen molar-refractivity contribution in [1.82, 2.24) is 9.88 Å². The van der Waals surface area contributed by atoms with E-state index in [9.17, 15) is 4.79 Å². The van der Waals surface area contributed by atoms with Crippen LogP contribution in [0.5, 0.6) is 11.5 Å². The fraction of sp³-hybridized carbons (Fsp3) is 0.500. The monoisotopic (exact) mass is 335 g/mol. The molecule has 124 valence electrons. The molecule has 1 aromatic heterocycles. The van der Waals surface area contributed by atoms with E-state index in [0.717, 1.165) is 39.8 Å². The van der Waals surface area contributed by atoms with Gasteiger partial charge in [0.05, 0.1) is 10.2 Å². The number of benzene rings is 1. The van der Waals surface area contributed by atoms with Crippen molar-refractivity contribution in [1.29, 1.82) is 0 Å². The minimum atomic E-state index is 0.0140. The van der Waals surface area contributed by atoms with Crippen molar-refractivity contribution in [2.24, 2.45) is 0 Å². The van der Waals surface area contributed by atoms with E-state index in [1.165, 1.54) is 11.3 Å². The lowest BCUT2D eigenvalue weighted by atomic mass is 10.3. The Morgan fingerprint density at radius 3 is 2.57 bits per heavy atom. The number of aromatic nitrogens is 1. The van der Waals surface area contributed by atoms with Crippen LogP contribution in [0.25, 0.3) is 10.2 Å². The highest BCUT2D eigenvalue weighted by Gasteiger charge is 2.19. The standard InChI is InChI=1S/C16H21N3O3S/c1-11(20)19(6-4-5-18(2)3)16-17-12-9-13-14(10-15(12)23-16)22-8-7-21-13/h9-10H,4-8H2,1-3H3. The summed E-state index contributed by atoms with van der Waals surface area (Å²) in [6, 6.07) is 3.84. The van der Waals surface area contributed by atoms with Gasteiger partial charge in [-0.1, -0.05) is 11.3 Å². The summed E-state index contributed by atoms with van der Waals surface area (Å²) in [7, 11) is 4.06. The van der Waals surface area contributed by atoms with Crippen LogP contribution in [0.2, 0.25) is 0 Å². The zero-order valence-corrected chi connectivity index (χ0v) is 14.5. The number of thiazole rings is 1. The molecular formula is C16H21N3O3S. The molecule has 0 bridgehead atoms. The van der Waals surface area contributed by atoms with Crippen molar-refractivity contribution in [3.63, 3.8) is 0 Å². The second-order valence-corrected chi connectivity index (χ2v) is 6.80. The number of hydrogen-bond acceptors (Lipinski definition) is 6. The van der Waals surface area contributed by atoms with Gasteiger partial charge in [-0.2, -0.15) is 0 Å². The van der Waals surface area contributed by atoms with Gasteiger partial charge in [0, 0.05) is 25.6 Å². The normalized spacial score (nSPS) is 13.6. The third-order valence-corrected chi connectivity index (χ3v) is 4.68. The highest BCUT2D eigenvalue weighted by molar-refractivity contribution is 7.22. The first-order chi connectivity index (χ1) is 11.0. The third kappa shape index (κ3) is 3.56. The average molecular weight is 335 g/mol. The van der Waals surface area contributed by atoms with Gasteiger partial charge in [-0.15, -0.1) is 0 Å². The van der Waals surface area contributed by atoms with E-state index < -0.39 is 0 Å². The second kappa shape index (κ2) is 6.72. The quantitative estimate of drug-likeness (QED) is 0.840. The smallest absolute Gasteiger partial charge is 0.225 e. The van der Waals surface area contributed by atoms with Gasteiger partial charge in [0.1, 0.15) is 13.2 Å². The number of rotatable bonds is 5. The first-order valence-corrected chi connectivity index (χ1v) is 8.49. The van der Waals surface area contributed by atoms with Crippen molar-refractivity contribution in [3.05, 3.63) is 12.1 Å². The molecule has 1 amide bonds. The summed E-state index contributed by atoms with van der Waals surface area (Å²) in [6.07, 6.45) is 0.908. The molecule has 6 nitrogen and oxygen atoms in total. The van der Waals surface area contributed by atoms with Crippen molar-refractivity contribution in [3.8, 4) is 11.5 Å². The number of carbonyl (C=O) groups excluding carboxylic acids is 1. The number of carbonyl (C=O) groups is 1. The maximum atomic E-state index is 12.0. The number of amides is 1. The molecule has 0 N–H and O–H groups in total. The van der Waals surface area contributed by atoms with Crippen LogP contribution in [0.1, 0.15) is 13.3 Å². The molecule has 1 aliphatic heterocycles. The van der Waals surface area contributed by atoms with Gasteiger partial charge >= 0.3 is 0 Å². The summed E-state index contributed by atoms with van der Waals surface area (Å²) < 4.78 is 12.2. The zero-order valence-electron chi connectivity index (χ0n) is 13.7. The van der Waals surface area contributed by atoms with Gasteiger partial charge in [0.2, 0.25) is 5.91 Å². The first-order valence-electron chi connectivity index (χ1n) is 7.67. The molecule has 0 fully saturated rings. The van der Waals surface area contributed by atoms with Gasteiger partial charge in [-0.05, 0) is 27.1 Å². The lowest BCUT2D eigenvalue weighted by Gasteiger charge is -2.19. The van der Waals surface area contributed by atoms with Crippen molar-refractivity contribution >= 4 is 32.6 Å². The molecule has 1 aliphatic rings. The minimum absolute atomic E-state index is 0.0140. The topological polar surface area (TPSA) is 54.9 Å². The zero-order chi connectivity index (χ0) is 16.4. The molecule has 0 unspecified atom stereocenters. The van der Waals surface area contributed by atoms with Crippen LogP contribution >= 0.6 is 11.3 Å². The molecule has 7 heteroatoms. The van der Waals surface area contributed by atoms with E-state index in [4.69, 9.17) is 9.47 Å². The first kappa shape index (κ1) is 16.0. The highest BCUT2D eigenvalue weighted by atomic mass is 32.1. The Kier molecular flexibility index (Phi) is 4.68. The summed E-state index contributed by atoms with van der Waals surface area (Å²) in [4.78, 5) is 20.5. The van der Waals surface area contributed by atoms with Crippen LogP contribution in [0.4, 0.5) is 5.13 Å². The fourth-order valence-electron chi connectivity index (χ4n) is 2.50. The van der Waals surface area contributed by atoms with Crippen molar-refractivity contribution in [2.45, 2.75) is 13.3 Å². The molecule has 3 rings (SSSR count). The van der Waals surface area contributed by atoms with E-state index >= 15 is 0 Å². The Morgan fingerprint density at radius 1 is 1.22 bits per heavy atom. The molecule has 2 aromatic rings. The highest BCUT2D eigenvalue weighted by Crippen LogP contribution is 2.38. The van der Waals surface area contributed by atoms with Gasteiger partial charge in [0.15, 0.2) is 16.6 Å². The summed E-state index contributed by atoms with van der Waals surface area (Å²) in [5.41, 5.74) is 0.841. The average Bonchev–Trinajstić information content (AvgIpc) is 2.90. The van der Waals surface area contributed by atoms with Gasteiger partial charge in [-0.3, -0.25) is 9.69 Å². The van der Waals surface area contributed by atoms with E-state index in [2.05, 4.69) is 9.88 Å².